The monoisotopic (exact) mass is 381 g/mol. The Balaban J connectivity index is 2.03. The SMILES string of the molecule is CCCc1ccc([C@@H](N[C@@H](C)C(=O)Nc2ccc(C(N)=O)cc2)C(C)C)cc1. The van der Waals surface area contributed by atoms with Gasteiger partial charge in [0.25, 0.3) is 0 Å². The molecule has 0 saturated carbocycles. The molecule has 2 aromatic carbocycles. The molecule has 0 aliphatic heterocycles. The predicted molar refractivity (Wildman–Crippen MR) is 114 cm³/mol. The molecular formula is C23H31N3O2. The molecular weight excluding hydrogens is 350 g/mol. The Bertz CT molecular complexity index is 782. The van der Waals surface area contributed by atoms with Gasteiger partial charge in [-0.05, 0) is 54.7 Å². The zero-order valence-corrected chi connectivity index (χ0v) is 17.2. The minimum absolute atomic E-state index is 0.0775. The number of nitrogens with two attached hydrogens (primary N) is 1. The van der Waals surface area contributed by atoms with Crippen molar-refractivity contribution in [3.8, 4) is 0 Å². The molecule has 0 spiro atoms. The minimum atomic E-state index is -0.488. The molecule has 0 heterocycles. The van der Waals surface area contributed by atoms with Crippen LogP contribution in [0.5, 0.6) is 0 Å². The average Bonchev–Trinajstić information content (AvgIpc) is 2.67. The fourth-order valence-corrected chi connectivity index (χ4v) is 3.17. The number of nitrogens with one attached hydrogen (secondary N) is 2. The molecule has 0 saturated heterocycles. The quantitative estimate of drug-likeness (QED) is 0.612. The average molecular weight is 382 g/mol. The molecule has 0 radical (unpaired) electrons. The summed E-state index contributed by atoms with van der Waals surface area (Å²) in [4.78, 5) is 23.7. The number of anilines is 1. The van der Waals surface area contributed by atoms with Gasteiger partial charge in [-0.3, -0.25) is 14.9 Å². The van der Waals surface area contributed by atoms with Crippen molar-refractivity contribution in [2.45, 2.75) is 52.6 Å². The van der Waals surface area contributed by atoms with Gasteiger partial charge in [0.2, 0.25) is 11.8 Å². The molecule has 0 fully saturated rings. The number of hydrogen-bond acceptors (Lipinski definition) is 3. The maximum Gasteiger partial charge on any atom is 0.248 e. The Morgan fingerprint density at radius 3 is 2.07 bits per heavy atom. The molecule has 0 aliphatic rings. The van der Waals surface area contributed by atoms with Crippen LogP contribution in [0.4, 0.5) is 5.69 Å². The first-order chi connectivity index (χ1) is 13.3. The van der Waals surface area contributed by atoms with E-state index in [-0.39, 0.29) is 18.0 Å². The first-order valence-corrected chi connectivity index (χ1v) is 9.87. The van der Waals surface area contributed by atoms with Crippen molar-refractivity contribution >= 4 is 17.5 Å². The summed E-state index contributed by atoms with van der Waals surface area (Å²) >= 11 is 0. The van der Waals surface area contributed by atoms with Gasteiger partial charge in [-0.25, -0.2) is 0 Å². The van der Waals surface area contributed by atoms with Gasteiger partial charge in [-0.15, -0.1) is 0 Å². The molecule has 0 aromatic heterocycles. The number of aryl methyl sites for hydroxylation is 1. The summed E-state index contributed by atoms with van der Waals surface area (Å²) in [7, 11) is 0. The van der Waals surface area contributed by atoms with E-state index < -0.39 is 5.91 Å². The maximum absolute atomic E-state index is 12.6. The fourth-order valence-electron chi connectivity index (χ4n) is 3.17. The van der Waals surface area contributed by atoms with Gasteiger partial charge in [0.15, 0.2) is 0 Å². The predicted octanol–water partition coefficient (Wildman–Crippen LogP) is 4.05. The van der Waals surface area contributed by atoms with E-state index in [0.29, 0.717) is 17.2 Å². The van der Waals surface area contributed by atoms with E-state index >= 15 is 0 Å². The van der Waals surface area contributed by atoms with E-state index in [1.807, 2.05) is 6.92 Å². The lowest BCUT2D eigenvalue weighted by atomic mass is 9.94. The second-order valence-electron chi connectivity index (χ2n) is 7.53. The van der Waals surface area contributed by atoms with Crippen LogP contribution in [0, 0.1) is 5.92 Å². The zero-order valence-electron chi connectivity index (χ0n) is 17.2. The van der Waals surface area contributed by atoms with Crippen molar-refractivity contribution in [2.24, 2.45) is 11.7 Å². The van der Waals surface area contributed by atoms with Crippen LogP contribution in [0.15, 0.2) is 48.5 Å². The lowest BCUT2D eigenvalue weighted by Crippen LogP contribution is -2.41. The Morgan fingerprint density at radius 1 is 0.964 bits per heavy atom. The van der Waals surface area contributed by atoms with E-state index in [1.165, 1.54) is 11.1 Å². The molecule has 5 heteroatoms. The molecule has 0 unspecified atom stereocenters. The number of hydrogen-bond donors (Lipinski definition) is 3. The first kappa shape index (κ1) is 21.6. The topological polar surface area (TPSA) is 84.2 Å². The van der Waals surface area contributed by atoms with E-state index in [2.05, 4.69) is 55.7 Å². The molecule has 4 N–H and O–H groups in total. The maximum atomic E-state index is 12.6. The van der Waals surface area contributed by atoms with E-state index in [1.54, 1.807) is 24.3 Å². The van der Waals surface area contributed by atoms with Gasteiger partial charge in [0.05, 0.1) is 6.04 Å². The molecule has 150 valence electrons. The van der Waals surface area contributed by atoms with E-state index in [0.717, 1.165) is 12.8 Å². The summed E-state index contributed by atoms with van der Waals surface area (Å²) in [5, 5.41) is 6.32. The first-order valence-electron chi connectivity index (χ1n) is 9.87. The molecule has 5 nitrogen and oxygen atoms in total. The van der Waals surface area contributed by atoms with Crippen molar-refractivity contribution in [2.75, 3.05) is 5.32 Å². The highest BCUT2D eigenvalue weighted by atomic mass is 16.2. The van der Waals surface area contributed by atoms with Crippen molar-refractivity contribution in [3.05, 3.63) is 65.2 Å². The Morgan fingerprint density at radius 2 is 1.57 bits per heavy atom. The number of primary amides is 1. The number of benzene rings is 2. The van der Waals surface area contributed by atoms with Crippen LogP contribution in [0.3, 0.4) is 0 Å². The van der Waals surface area contributed by atoms with Crippen LogP contribution >= 0.6 is 0 Å². The van der Waals surface area contributed by atoms with Crippen molar-refractivity contribution < 1.29 is 9.59 Å². The Kier molecular flexibility index (Phi) is 7.76. The lowest BCUT2D eigenvalue weighted by Gasteiger charge is -2.26. The van der Waals surface area contributed by atoms with E-state index in [9.17, 15) is 9.59 Å². The van der Waals surface area contributed by atoms with Gasteiger partial charge in [0.1, 0.15) is 0 Å². The molecule has 0 aliphatic carbocycles. The highest BCUT2D eigenvalue weighted by Crippen LogP contribution is 2.23. The van der Waals surface area contributed by atoms with Crippen LogP contribution in [0.25, 0.3) is 0 Å². The number of rotatable bonds is 9. The molecule has 2 atom stereocenters. The third-order valence-corrected chi connectivity index (χ3v) is 4.80. The minimum Gasteiger partial charge on any atom is -0.366 e. The summed E-state index contributed by atoms with van der Waals surface area (Å²) in [6.45, 7) is 8.32. The largest absolute Gasteiger partial charge is 0.366 e. The Hall–Kier alpha value is -2.66. The van der Waals surface area contributed by atoms with Crippen LogP contribution in [0.1, 0.15) is 61.6 Å². The van der Waals surface area contributed by atoms with Crippen molar-refractivity contribution in [1.29, 1.82) is 0 Å². The standard InChI is InChI=1S/C23H31N3O2/c1-5-6-17-7-9-18(10-8-17)21(15(2)3)25-16(4)23(28)26-20-13-11-19(12-14-20)22(24)27/h7-16,21,25H,5-6H2,1-4H3,(H2,24,27)(H,26,28)/t16-,21-/m0/s1. The third-order valence-electron chi connectivity index (χ3n) is 4.80. The summed E-state index contributed by atoms with van der Waals surface area (Å²) in [6.07, 6.45) is 2.20. The van der Waals surface area contributed by atoms with Gasteiger partial charge >= 0.3 is 0 Å². The number of amides is 2. The summed E-state index contributed by atoms with van der Waals surface area (Å²) < 4.78 is 0. The number of carbonyl (C=O) groups excluding carboxylic acids is 2. The molecule has 2 rings (SSSR count). The smallest absolute Gasteiger partial charge is 0.248 e. The van der Waals surface area contributed by atoms with Gasteiger partial charge in [0, 0.05) is 17.3 Å². The van der Waals surface area contributed by atoms with Crippen molar-refractivity contribution in [1.82, 2.24) is 5.32 Å². The number of carbonyl (C=O) groups is 2. The third kappa shape index (κ3) is 5.92. The second kappa shape index (κ2) is 10.0. The fraction of sp³-hybridized carbons (Fsp3) is 0.391. The lowest BCUT2D eigenvalue weighted by molar-refractivity contribution is -0.118. The van der Waals surface area contributed by atoms with Crippen molar-refractivity contribution in [3.63, 3.8) is 0 Å². The highest BCUT2D eigenvalue weighted by molar-refractivity contribution is 5.96. The zero-order chi connectivity index (χ0) is 20.7. The highest BCUT2D eigenvalue weighted by Gasteiger charge is 2.22. The molecule has 2 amide bonds. The molecule has 0 bridgehead atoms. The normalized spacial score (nSPS) is 13.2. The van der Waals surface area contributed by atoms with Crippen LogP contribution in [-0.4, -0.2) is 17.9 Å². The summed E-state index contributed by atoms with van der Waals surface area (Å²) in [5.41, 5.74) is 8.80. The van der Waals surface area contributed by atoms with E-state index in [4.69, 9.17) is 5.73 Å². The van der Waals surface area contributed by atoms with Gasteiger partial charge in [-0.2, -0.15) is 0 Å². The summed E-state index contributed by atoms with van der Waals surface area (Å²) in [6, 6.07) is 14.9. The van der Waals surface area contributed by atoms with Crippen LogP contribution < -0.4 is 16.4 Å². The summed E-state index contributed by atoms with van der Waals surface area (Å²) in [5.74, 6) is -0.278. The Labute approximate surface area is 167 Å². The molecule has 28 heavy (non-hydrogen) atoms. The van der Waals surface area contributed by atoms with Crippen LogP contribution in [-0.2, 0) is 11.2 Å². The second-order valence-corrected chi connectivity index (χ2v) is 7.53. The van der Waals surface area contributed by atoms with Gasteiger partial charge in [-0.1, -0.05) is 51.5 Å². The van der Waals surface area contributed by atoms with Gasteiger partial charge < -0.3 is 11.1 Å². The molecule has 2 aromatic rings. The van der Waals surface area contributed by atoms with Crippen LogP contribution in [0.2, 0.25) is 0 Å².